The number of alkyl halides is 3. The van der Waals surface area contributed by atoms with E-state index in [1.165, 1.54) is 18.2 Å². The van der Waals surface area contributed by atoms with Gasteiger partial charge in [-0.3, -0.25) is 0 Å². The van der Waals surface area contributed by atoms with Gasteiger partial charge >= 0.3 is 6.18 Å². The molecule has 1 atom stereocenters. The predicted molar refractivity (Wildman–Crippen MR) is 124 cm³/mol. The first-order valence-corrected chi connectivity index (χ1v) is 10.6. The van der Waals surface area contributed by atoms with Gasteiger partial charge in [0, 0.05) is 0 Å². The van der Waals surface area contributed by atoms with Crippen molar-refractivity contribution in [2.24, 2.45) is 0 Å². The number of halogens is 4. The molecule has 3 rings (SSSR count). The molecule has 0 nitrogen and oxygen atoms in total. The number of benzene rings is 3. The number of aryl methyl sites for hydroxylation is 1. The van der Waals surface area contributed by atoms with Crippen molar-refractivity contribution >= 4 is 12.2 Å². The summed E-state index contributed by atoms with van der Waals surface area (Å²) < 4.78 is 55.0. The van der Waals surface area contributed by atoms with Crippen LogP contribution >= 0.6 is 0 Å². The van der Waals surface area contributed by atoms with E-state index in [0.29, 0.717) is 17.5 Å². The molecule has 0 aliphatic carbocycles. The van der Waals surface area contributed by atoms with E-state index >= 15 is 0 Å². The highest BCUT2D eigenvalue weighted by molar-refractivity contribution is 5.69. The summed E-state index contributed by atoms with van der Waals surface area (Å²) in [7, 11) is 0. The summed E-state index contributed by atoms with van der Waals surface area (Å²) >= 11 is 0. The first-order valence-electron chi connectivity index (χ1n) is 10.6. The molecule has 0 radical (unpaired) electrons. The Morgan fingerprint density at radius 2 is 1.50 bits per heavy atom. The van der Waals surface area contributed by atoms with Crippen LogP contribution in [0.5, 0.6) is 0 Å². The van der Waals surface area contributed by atoms with Crippen LogP contribution in [0.2, 0.25) is 0 Å². The maximum absolute atomic E-state index is 14.3. The first-order chi connectivity index (χ1) is 15.4. The van der Waals surface area contributed by atoms with Crippen LogP contribution in [0.1, 0.15) is 47.1 Å². The second-order valence-corrected chi connectivity index (χ2v) is 7.74. The van der Waals surface area contributed by atoms with Crippen LogP contribution in [-0.2, 0) is 12.8 Å². The van der Waals surface area contributed by atoms with Gasteiger partial charge in [-0.25, -0.2) is 4.39 Å². The summed E-state index contributed by atoms with van der Waals surface area (Å²) in [5.74, 6) is -1.77. The molecule has 1 unspecified atom stereocenters. The summed E-state index contributed by atoms with van der Waals surface area (Å²) in [6.07, 6.45) is 4.62. The van der Waals surface area contributed by atoms with E-state index in [2.05, 4.69) is 0 Å². The Morgan fingerprint density at radius 1 is 0.844 bits per heavy atom. The van der Waals surface area contributed by atoms with E-state index < -0.39 is 12.1 Å². The van der Waals surface area contributed by atoms with Crippen molar-refractivity contribution in [2.75, 3.05) is 0 Å². The monoisotopic (exact) mass is 438 g/mol. The third-order valence-electron chi connectivity index (χ3n) is 5.38. The van der Waals surface area contributed by atoms with Gasteiger partial charge in [0.1, 0.15) is 5.82 Å². The van der Waals surface area contributed by atoms with Gasteiger partial charge in [0.05, 0.1) is 5.92 Å². The average Bonchev–Trinajstić information content (AvgIpc) is 2.78. The number of allylic oxidation sites excluding steroid dienone is 2. The topological polar surface area (TPSA) is 0 Å². The van der Waals surface area contributed by atoms with Crippen LogP contribution in [-0.4, -0.2) is 6.18 Å². The zero-order chi connectivity index (χ0) is 23.0. The molecule has 0 aliphatic heterocycles. The SMILES string of the molecule is C/C=C/CCc1ccc(/C=C/c2ccc(CC(c3ccccc3)C(F)(F)F)cc2)cc1F. The van der Waals surface area contributed by atoms with Crippen molar-refractivity contribution in [2.45, 2.75) is 38.3 Å². The lowest BCUT2D eigenvalue weighted by Crippen LogP contribution is -2.22. The van der Waals surface area contributed by atoms with Crippen molar-refractivity contribution in [3.63, 3.8) is 0 Å². The molecule has 166 valence electrons. The normalized spacial score (nSPS) is 13.2. The third-order valence-corrected chi connectivity index (χ3v) is 5.38. The van der Waals surface area contributed by atoms with Crippen LogP contribution in [0.3, 0.4) is 0 Å². The summed E-state index contributed by atoms with van der Waals surface area (Å²) in [5.41, 5.74) is 3.14. The predicted octanol–water partition coefficient (Wildman–Crippen LogP) is 8.39. The van der Waals surface area contributed by atoms with Gasteiger partial charge in [0.2, 0.25) is 0 Å². The minimum atomic E-state index is -4.32. The van der Waals surface area contributed by atoms with Crippen molar-refractivity contribution in [3.05, 3.63) is 119 Å². The van der Waals surface area contributed by atoms with Gasteiger partial charge in [0.15, 0.2) is 0 Å². The fourth-order valence-electron chi connectivity index (χ4n) is 3.58. The average molecular weight is 439 g/mol. The fourth-order valence-corrected chi connectivity index (χ4v) is 3.58. The molecule has 3 aromatic carbocycles. The zero-order valence-corrected chi connectivity index (χ0v) is 17.9. The molecule has 0 aliphatic rings. The Bertz CT molecular complexity index is 1050. The van der Waals surface area contributed by atoms with Gasteiger partial charge in [-0.05, 0) is 60.1 Å². The smallest absolute Gasteiger partial charge is 0.207 e. The molecule has 0 spiro atoms. The Kier molecular flexibility index (Phi) is 8.04. The lowest BCUT2D eigenvalue weighted by Gasteiger charge is -2.21. The van der Waals surface area contributed by atoms with Crippen molar-refractivity contribution in [1.82, 2.24) is 0 Å². The maximum atomic E-state index is 14.3. The zero-order valence-electron chi connectivity index (χ0n) is 17.9. The largest absolute Gasteiger partial charge is 0.396 e. The number of rotatable bonds is 8. The molecule has 0 amide bonds. The molecule has 0 fully saturated rings. The maximum Gasteiger partial charge on any atom is 0.396 e. The van der Waals surface area contributed by atoms with E-state index in [0.717, 1.165) is 17.5 Å². The second kappa shape index (κ2) is 10.9. The van der Waals surface area contributed by atoms with Gasteiger partial charge in [-0.15, -0.1) is 0 Å². The highest BCUT2D eigenvalue weighted by atomic mass is 19.4. The molecular weight excluding hydrogens is 412 g/mol. The van der Waals surface area contributed by atoms with Crippen LogP contribution < -0.4 is 0 Å². The van der Waals surface area contributed by atoms with Crippen molar-refractivity contribution < 1.29 is 17.6 Å². The van der Waals surface area contributed by atoms with Gasteiger partial charge in [-0.2, -0.15) is 13.2 Å². The number of hydrogen-bond donors (Lipinski definition) is 0. The molecule has 3 aromatic rings. The molecular formula is C28H26F4. The molecule has 0 saturated carbocycles. The van der Waals surface area contributed by atoms with E-state index in [9.17, 15) is 17.6 Å². The van der Waals surface area contributed by atoms with Gasteiger partial charge < -0.3 is 0 Å². The second-order valence-electron chi connectivity index (χ2n) is 7.74. The molecule has 4 heteroatoms. The van der Waals surface area contributed by atoms with Gasteiger partial charge in [0.25, 0.3) is 0 Å². The molecule has 0 saturated heterocycles. The van der Waals surface area contributed by atoms with E-state index in [-0.39, 0.29) is 17.8 Å². The lowest BCUT2D eigenvalue weighted by molar-refractivity contribution is -0.150. The van der Waals surface area contributed by atoms with E-state index in [1.807, 2.05) is 31.2 Å². The fraction of sp³-hybridized carbons (Fsp3) is 0.214. The first kappa shape index (κ1) is 23.5. The van der Waals surface area contributed by atoms with Crippen molar-refractivity contribution in [3.8, 4) is 0 Å². The number of hydrogen-bond acceptors (Lipinski definition) is 0. The van der Waals surface area contributed by atoms with E-state index in [4.69, 9.17) is 0 Å². The molecule has 0 bridgehead atoms. The van der Waals surface area contributed by atoms with Gasteiger partial charge in [-0.1, -0.05) is 91.0 Å². The standard InChI is InChI=1S/C28H26F4/c1-2-3-5-10-25-18-17-23(20-27(25)29)16-13-21-11-14-22(15-12-21)19-26(28(30,31)32)24-8-6-4-7-9-24/h2-4,6-9,11-18,20,26H,5,10,19H2,1H3/b3-2+,16-13+. The Hall–Kier alpha value is -3.14. The molecule has 0 N–H and O–H groups in total. The van der Waals surface area contributed by atoms with E-state index in [1.54, 1.807) is 54.6 Å². The Balaban J connectivity index is 1.68. The van der Waals surface area contributed by atoms with Crippen LogP contribution in [0.25, 0.3) is 12.2 Å². The Morgan fingerprint density at radius 3 is 2.12 bits per heavy atom. The molecule has 0 heterocycles. The molecule has 32 heavy (non-hydrogen) atoms. The third kappa shape index (κ3) is 6.68. The van der Waals surface area contributed by atoms with Crippen LogP contribution in [0.15, 0.2) is 84.9 Å². The van der Waals surface area contributed by atoms with Crippen molar-refractivity contribution in [1.29, 1.82) is 0 Å². The lowest BCUT2D eigenvalue weighted by atomic mass is 9.91. The minimum Gasteiger partial charge on any atom is -0.207 e. The summed E-state index contributed by atoms with van der Waals surface area (Å²) in [6.45, 7) is 1.94. The summed E-state index contributed by atoms with van der Waals surface area (Å²) in [5, 5.41) is 0. The van der Waals surface area contributed by atoms with Crippen LogP contribution in [0, 0.1) is 5.82 Å². The molecule has 0 aromatic heterocycles. The Labute approximate surface area is 186 Å². The minimum absolute atomic E-state index is 0.114. The van der Waals surface area contributed by atoms with Crippen LogP contribution in [0.4, 0.5) is 17.6 Å². The highest BCUT2D eigenvalue weighted by Gasteiger charge is 2.40. The highest BCUT2D eigenvalue weighted by Crippen LogP contribution is 2.37. The summed E-state index contributed by atoms with van der Waals surface area (Å²) in [4.78, 5) is 0. The summed E-state index contributed by atoms with van der Waals surface area (Å²) in [6, 6.07) is 20.1. The quantitative estimate of drug-likeness (QED) is 0.188.